The summed E-state index contributed by atoms with van der Waals surface area (Å²) >= 11 is 5.24. The smallest absolute Gasteiger partial charge is 0.119 e. The van der Waals surface area contributed by atoms with Crippen LogP contribution in [0.15, 0.2) is 40.2 Å². The van der Waals surface area contributed by atoms with E-state index in [9.17, 15) is 0 Å². The summed E-state index contributed by atoms with van der Waals surface area (Å²) in [6.45, 7) is 1.45. The number of benzene rings is 1. The molecule has 1 unspecified atom stereocenters. The number of nitrogens with zero attached hydrogens (tertiary/aromatic N) is 1. The Kier molecular flexibility index (Phi) is 5.60. The van der Waals surface area contributed by atoms with E-state index in [0.717, 1.165) is 16.1 Å². The van der Waals surface area contributed by atoms with E-state index in [-0.39, 0.29) is 6.04 Å². The van der Waals surface area contributed by atoms with Crippen LogP contribution in [-0.2, 0) is 6.54 Å². The van der Waals surface area contributed by atoms with Gasteiger partial charge in [-0.3, -0.25) is 4.90 Å². The molecule has 0 saturated heterocycles. The molecule has 0 aliphatic heterocycles. The Labute approximate surface area is 132 Å². The van der Waals surface area contributed by atoms with E-state index < -0.39 is 0 Å². The van der Waals surface area contributed by atoms with Gasteiger partial charge in [0, 0.05) is 18.0 Å². The number of hydrogen-bond donors (Lipinski definition) is 1. The number of rotatable bonds is 6. The van der Waals surface area contributed by atoms with E-state index in [1.807, 2.05) is 12.1 Å². The van der Waals surface area contributed by atoms with Crippen LogP contribution >= 0.6 is 27.3 Å². The monoisotopic (exact) mass is 354 g/mol. The van der Waals surface area contributed by atoms with Crippen molar-refractivity contribution in [1.29, 1.82) is 0 Å². The molecule has 0 spiro atoms. The van der Waals surface area contributed by atoms with Crippen molar-refractivity contribution in [2.45, 2.75) is 12.6 Å². The molecule has 1 aromatic carbocycles. The maximum atomic E-state index is 5.95. The maximum absolute atomic E-state index is 5.95. The highest BCUT2D eigenvalue weighted by molar-refractivity contribution is 9.11. The Morgan fingerprint density at radius 1 is 1.35 bits per heavy atom. The van der Waals surface area contributed by atoms with Gasteiger partial charge in [-0.25, -0.2) is 0 Å². The highest BCUT2D eigenvalue weighted by Crippen LogP contribution is 2.30. The molecule has 0 saturated carbocycles. The van der Waals surface area contributed by atoms with Crippen molar-refractivity contribution in [3.63, 3.8) is 0 Å². The summed E-state index contributed by atoms with van der Waals surface area (Å²) in [5, 5.41) is 0. The highest BCUT2D eigenvalue weighted by atomic mass is 79.9. The Morgan fingerprint density at radius 3 is 2.75 bits per heavy atom. The van der Waals surface area contributed by atoms with Crippen LogP contribution in [0.25, 0.3) is 0 Å². The summed E-state index contributed by atoms with van der Waals surface area (Å²) in [5.41, 5.74) is 7.17. The fraction of sp³-hybridized carbons (Fsp3) is 0.333. The van der Waals surface area contributed by atoms with E-state index in [2.05, 4.69) is 52.1 Å². The molecule has 0 aliphatic carbocycles. The molecule has 3 nitrogen and oxygen atoms in total. The number of methoxy groups -OCH3 is 1. The largest absolute Gasteiger partial charge is 0.497 e. The fourth-order valence-corrected chi connectivity index (χ4v) is 3.79. The lowest BCUT2D eigenvalue weighted by atomic mass is 10.1. The number of thiophene rings is 1. The first-order valence-corrected chi connectivity index (χ1v) is 8.03. The zero-order valence-corrected chi connectivity index (χ0v) is 14.1. The third-order valence-electron chi connectivity index (χ3n) is 3.24. The SMILES string of the molecule is COc1cccc(CN(C)C(CN)c2ccc(Br)s2)c1. The van der Waals surface area contributed by atoms with Gasteiger partial charge in [0.1, 0.15) is 5.75 Å². The fourth-order valence-electron chi connectivity index (χ4n) is 2.19. The second kappa shape index (κ2) is 7.22. The van der Waals surface area contributed by atoms with Gasteiger partial charge in [0.2, 0.25) is 0 Å². The predicted octanol–water partition coefficient (Wildman–Crippen LogP) is 3.65. The molecule has 2 aromatic rings. The summed E-state index contributed by atoms with van der Waals surface area (Å²) in [6.07, 6.45) is 0. The van der Waals surface area contributed by atoms with Crippen LogP contribution in [0.2, 0.25) is 0 Å². The lowest BCUT2D eigenvalue weighted by Gasteiger charge is -2.26. The summed E-state index contributed by atoms with van der Waals surface area (Å²) in [5.74, 6) is 0.888. The average Bonchev–Trinajstić information content (AvgIpc) is 2.86. The Balaban J connectivity index is 2.10. The summed E-state index contributed by atoms with van der Waals surface area (Å²) < 4.78 is 6.40. The van der Waals surface area contributed by atoms with Crippen LogP contribution in [0.4, 0.5) is 0 Å². The first-order chi connectivity index (χ1) is 9.63. The molecule has 1 heterocycles. The van der Waals surface area contributed by atoms with Crippen LogP contribution in [0.5, 0.6) is 5.75 Å². The van der Waals surface area contributed by atoms with Gasteiger partial charge >= 0.3 is 0 Å². The van der Waals surface area contributed by atoms with Crippen LogP contribution in [0.3, 0.4) is 0 Å². The van der Waals surface area contributed by atoms with Gasteiger partial charge in [0.15, 0.2) is 0 Å². The molecule has 1 aromatic heterocycles. The molecule has 0 amide bonds. The molecule has 2 N–H and O–H groups in total. The van der Waals surface area contributed by atoms with Gasteiger partial charge in [0.05, 0.1) is 16.9 Å². The Morgan fingerprint density at radius 2 is 2.15 bits per heavy atom. The molecule has 0 aliphatic rings. The minimum absolute atomic E-state index is 0.234. The molecule has 108 valence electrons. The molecule has 0 radical (unpaired) electrons. The standard InChI is InChI=1S/C15H19BrN2OS/c1-18(10-11-4-3-5-12(8-11)19-2)13(9-17)14-6-7-15(16)20-14/h3-8,13H,9-10,17H2,1-2H3. The molecule has 20 heavy (non-hydrogen) atoms. The Bertz CT molecular complexity index is 558. The van der Waals surface area contributed by atoms with Crippen LogP contribution < -0.4 is 10.5 Å². The van der Waals surface area contributed by atoms with E-state index in [4.69, 9.17) is 10.5 Å². The van der Waals surface area contributed by atoms with Crippen molar-refractivity contribution in [3.8, 4) is 5.75 Å². The van der Waals surface area contributed by atoms with Crippen LogP contribution in [0, 0.1) is 0 Å². The van der Waals surface area contributed by atoms with E-state index in [0.29, 0.717) is 6.54 Å². The topological polar surface area (TPSA) is 38.5 Å². The zero-order valence-electron chi connectivity index (χ0n) is 11.7. The quantitative estimate of drug-likeness (QED) is 0.860. The zero-order chi connectivity index (χ0) is 14.5. The van der Waals surface area contributed by atoms with Crippen molar-refractivity contribution in [3.05, 3.63) is 50.6 Å². The van der Waals surface area contributed by atoms with Crippen LogP contribution in [0.1, 0.15) is 16.5 Å². The minimum atomic E-state index is 0.234. The number of ether oxygens (including phenoxy) is 1. The van der Waals surface area contributed by atoms with Gasteiger partial charge < -0.3 is 10.5 Å². The lowest BCUT2D eigenvalue weighted by Crippen LogP contribution is -2.29. The van der Waals surface area contributed by atoms with Gasteiger partial charge in [-0.05, 0) is 52.8 Å². The van der Waals surface area contributed by atoms with Crippen LogP contribution in [-0.4, -0.2) is 25.6 Å². The maximum Gasteiger partial charge on any atom is 0.119 e. The lowest BCUT2D eigenvalue weighted by molar-refractivity contribution is 0.245. The van der Waals surface area contributed by atoms with Crippen molar-refractivity contribution >= 4 is 27.3 Å². The van der Waals surface area contributed by atoms with Crippen molar-refractivity contribution in [2.24, 2.45) is 5.73 Å². The average molecular weight is 355 g/mol. The number of nitrogens with two attached hydrogens (primary N) is 1. The van der Waals surface area contributed by atoms with E-state index in [1.54, 1.807) is 18.4 Å². The molecule has 5 heteroatoms. The number of hydrogen-bond acceptors (Lipinski definition) is 4. The van der Waals surface area contributed by atoms with Gasteiger partial charge in [-0.15, -0.1) is 11.3 Å². The van der Waals surface area contributed by atoms with E-state index >= 15 is 0 Å². The van der Waals surface area contributed by atoms with E-state index in [1.165, 1.54) is 10.4 Å². The minimum Gasteiger partial charge on any atom is -0.497 e. The van der Waals surface area contributed by atoms with Crippen molar-refractivity contribution in [1.82, 2.24) is 4.90 Å². The van der Waals surface area contributed by atoms with Gasteiger partial charge in [-0.1, -0.05) is 12.1 Å². The summed E-state index contributed by atoms with van der Waals surface area (Å²) in [6, 6.07) is 12.6. The summed E-state index contributed by atoms with van der Waals surface area (Å²) in [7, 11) is 3.79. The predicted molar refractivity (Wildman–Crippen MR) is 88.3 cm³/mol. The molecule has 0 bridgehead atoms. The second-order valence-electron chi connectivity index (χ2n) is 4.66. The van der Waals surface area contributed by atoms with Gasteiger partial charge in [-0.2, -0.15) is 0 Å². The van der Waals surface area contributed by atoms with Crippen molar-refractivity contribution < 1.29 is 4.74 Å². The Hall–Kier alpha value is -0.880. The van der Waals surface area contributed by atoms with Gasteiger partial charge in [0.25, 0.3) is 0 Å². The van der Waals surface area contributed by atoms with Crippen molar-refractivity contribution in [2.75, 3.05) is 20.7 Å². The summed E-state index contributed by atoms with van der Waals surface area (Å²) in [4.78, 5) is 3.55. The highest BCUT2D eigenvalue weighted by Gasteiger charge is 2.17. The molecular weight excluding hydrogens is 336 g/mol. The molecule has 0 fully saturated rings. The molecule has 2 rings (SSSR count). The third kappa shape index (κ3) is 3.82. The first kappa shape index (κ1) is 15.5. The molecule has 1 atom stereocenters. The first-order valence-electron chi connectivity index (χ1n) is 6.42. The molecular formula is C15H19BrN2OS. The third-order valence-corrected chi connectivity index (χ3v) is 4.97. The number of halogens is 1. The second-order valence-corrected chi connectivity index (χ2v) is 7.15. The number of likely N-dealkylation sites (N-methyl/N-ethyl adjacent to an activating group) is 1. The normalized spacial score (nSPS) is 12.7.